The number of ether oxygens (including phenoxy) is 4. The lowest BCUT2D eigenvalue weighted by Crippen LogP contribution is -2.55. The molecule has 0 amide bonds. The molecule has 4 bridgehead atoms. The van der Waals surface area contributed by atoms with Gasteiger partial charge in [-0.05, 0) is 124 Å². The van der Waals surface area contributed by atoms with E-state index in [1.807, 2.05) is 0 Å². The van der Waals surface area contributed by atoms with E-state index < -0.39 is 0 Å². The first-order valence-electron chi connectivity index (χ1n) is 16.2. The zero-order valence-corrected chi connectivity index (χ0v) is 23.0. The van der Waals surface area contributed by atoms with E-state index >= 15 is 0 Å². The van der Waals surface area contributed by atoms with Gasteiger partial charge in [0.2, 0.25) is 6.79 Å². The first-order valence-corrected chi connectivity index (χ1v) is 16.2. The molecule has 4 saturated carbocycles. The first kappa shape index (κ1) is 22.3. The summed E-state index contributed by atoms with van der Waals surface area (Å²) in [6, 6.07) is 9.00. The van der Waals surface area contributed by atoms with E-state index in [0.717, 1.165) is 46.7 Å². The molecule has 39 heavy (non-hydrogen) atoms. The van der Waals surface area contributed by atoms with Crippen LogP contribution in [0, 0.1) is 23.7 Å². The molecular formula is C35H40O4. The minimum Gasteiger partial charge on any atom is -0.485 e. The molecule has 0 saturated heterocycles. The molecule has 2 aromatic rings. The molecule has 8 aliphatic rings. The standard InChI is InChI=1S/C35H40O4/c1-7-24-20-5-3-15-34(24)28(9-1)38-32-26(13-11-22(17-20)30(32)34)36-19-37-27-14-12-23-18-21-6-4-16-35-25(21)8-2-10-29(35)39-33(27)31(23)35/h11-14,20-21,24-25,28-29H,1-10,15-19H2. The molecule has 4 fully saturated rings. The van der Waals surface area contributed by atoms with E-state index in [2.05, 4.69) is 24.3 Å². The zero-order chi connectivity index (χ0) is 25.3. The SMILES string of the molecule is c1cc(OCOc2ccc3c4c2OC2CCCC5C(CCCC425)C3)c2c3c1CC1CCCC34C(CCCC14)O2. The fraction of sp³-hybridized carbons (Fsp3) is 0.657. The molecule has 4 heteroatoms. The summed E-state index contributed by atoms with van der Waals surface area (Å²) in [5.74, 6) is 7.12. The Bertz CT molecular complexity index is 1280. The Labute approximate surface area is 231 Å². The van der Waals surface area contributed by atoms with Crippen molar-refractivity contribution in [3.8, 4) is 23.0 Å². The van der Waals surface area contributed by atoms with Gasteiger partial charge in [0.05, 0.1) is 0 Å². The third-order valence-corrected chi connectivity index (χ3v) is 13.2. The second-order valence-electron chi connectivity index (χ2n) is 14.3. The second kappa shape index (κ2) is 7.68. The predicted molar refractivity (Wildman–Crippen MR) is 148 cm³/mol. The number of hydrogen-bond acceptors (Lipinski definition) is 4. The van der Waals surface area contributed by atoms with Gasteiger partial charge in [-0.1, -0.05) is 25.0 Å². The number of benzene rings is 2. The number of rotatable bonds is 4. The second-order valence-corrected chi connectivity index (χ2v) is 14.3. The predicted octanol–water partition coefficient (Wildman–Crippen LogP) is 7.41. The highest BCUT2D eigenvalue weighted by atomic mass is 16.7. The molecule has 204 valence electrons. The minimum atomic E-state index is 0.192. The fourth-order valence-electron chi connectivity index (χ4n) is 12.1. The van der Waals surface area contributed by atoms with Crippen LogP contribution in [0.3, 0.4) is 0 Å². The lowest BCUT2D eigenvalue weighted by Gasteiger charge is -2.54. The molecule has 2 heterocycles. The third kappa shape index (κ3) is 2.64. The molecule has 0 aromatic heterocycles. The Kier molecular flexibility index (Phi) is 4.40. The summed E-state index contributed by atoms with van der Waals surface area (Å²) in [5.41, 5.74) is 6.58. The van der Waals surface area contributed by atoms with E-state index in [-0.39, 0.29) is 17.6 Å². The van der Waals surface area contributed by atoms with Gasteiger partial charge in [-0.3, -0.25) is 0 Å². The molecule has 6 aliphatic carbocycles. The molecule has 0 N–H and O–H groups in total. The van der Waals surface area contributed by atoms with Crippen molar-refractivity contribution in [3.05, 3.63) is 46.5 Å². The maximum atomic E-state index is 6.82. The molecule has 10 rings (SSSR count). The summed E-state index contributed by atoms with van der Waals surface area (Å²) in [4.78, 5) is 0. The van der Waals surface area contributed by atoms with Crippen LogP contribution in [0.2, 0.25) is 0 Å². The summed E-state index contributed by atoms with van der Waals surface area (Å²) >= 11 is 0. The lowest BCUT2D eigenvalue weighted by molar-refractivity contribution is -0.0151. The van der Waals surface area contributed by atoms with Gasteiger partial charge < -0.3 is 18.9 Å². The van der Waals surface area contributed by atoms with Gasteiger partial charge in [0.25, 0.3) is 0 Å². The fourth-order valence-corrected chi connectivity index (χ4v) is 12.1. The molecule has 8 atom stereocenters. The van der Waals surface area contributed by atoms with E-state index in [1.165, 1.54) is 112 Å². The topological polar surface area (TPSA) is 36.9 Å². The average Bonchev–Trinajstić information content (AvgIpc) is 3.46. The number of hydrogen-bond donors (Lipinski definition) is 0. The van der Waals surface area contributed by atoms with Gasteiger partial charge in [-0.15, -0.1) is 0 Å². The Hall–Kier alpha value is -2.36. The molecule has 0 radical (unpaired) electrons. The van der Waals surface area contributed by atoms with E-state index in [1.54, 1.807) is 0 Å². The van der Waals surface area contributed by atoms with E-state index in [0.29, 0.717) is 12.2 Å². The molecular weight excluding hydrogens is 484 g/mol. The highest BCUT2D eigenvalue weighted by molar-refractivity contribution is 5.62. The van der Waals surface area contributed by atoms with Crippen molar-refractivity contribution in [2.75, 3.05) is 6.79 Å². The van der Waals surface area contributed by atoms with Gasteiger partial charge in [0.15, 0.2) is 23.0 Å². The van der Waals surface area contributed by atoms with Crippen LogP contribution in [-0.4, -0.2) is 19.0 Å². The van der Waals surface area contributed by atoms with Crippen LogP contribution in [0.25, 0.3) is 0 Å². The monoisotopic (exact) mass is 524 g/mol. The maximum absolute atomic E-state index is 6.82. The molecule has 2 aliphatic heterocycles. The Morgan fingerprint density at radius 1 is 0.615 bits per heavy atom. The van der Waals surface area contributed by atoms with Gasteiger partial charge >= 0.3 is 0 Å². The summed E-state index contributed by atoms with van der Waals surface area (Å²) in [6.45, 7) is 0.192. The highest BCUT2D eigenvalue weighted by Gasteiger charge is 2.63. The van der Waals surface area contributed by atoms with Crippen LogP contribution in [0.1, 0.15) is 99.3 Å². The smallest absolute Gasteiger partial charge is 0.231 e. The van der Waals surface area contributed by atoms with E-state index in [4.69, 9.17) is 18.9 Å². The summed E-state index contributed by atoms with van der Waals surface area (Å²) in [7, 11) is 0. The minimum absolute atomic E-state index is 0.192. The van der Waals surface area contributed by atoms with Crippen LogP contribution >= 0.6 is 0 Å². The Balaban J connectivity index is 0.967. The van der Waals surface area contributed by atoms with Crippen LogP contribution in [0.4, 0.5) is 0 Å². The summed E-state index contributed by atoms with van der Waals surface area (Å²) in [6.07, 6.45) is 18.9. The lowest BCUT2D eigenvalue weighted by atomic mass is 9.48. The normalized spacial score (nSPS) is 41.1. The summed E-state index contributed by atoms with van der Waals surface area (Å²) < 4.78 is 26.5. The zero-order valence-electron chi connectivity index (χ0n) is 23.0. The van der Waals surface area contributed by atoms with Gasteiger partial charge in [-0.25, -0.2) is 0 Å². The van der Waals surface area contributed by atoms with Gasteiger partial charge in [0.1, 0.15) is 12.2 Å². The van der Waals surface area contributed by atoms with Crippen molar-refractivity contribution in [2.45, 2.75) is 113 Å². The molecule has 8 unspecified atom stereocenters. The van der Waals surface area contributed by atoms with Crippen molar-refractivity contribution in [1.29, 1.82) is 0 Å². The maximum Gasteiger partial charge on any atom is 0.231 e. The highest BCUT2D eigenvalue weighted by Crippen LogP contribution is 2.67. The van der Waals surface area contributed by atoms with Crippen LogP contribution in [0.15, 0.2) is 24.3 Å². The third-order valence-electron chi connectivity index (χ3n) is 13.2. The Morgan fingerprint density at radius 3 is 1.64 bits per heavy atom. The largest absolute Gasteiger partial charge is 0.485 e. The average molecular weight is 525 g/mol. The Morgan fingerprint density at radius 2 is 1.13 bits per heavy atom. The van der Waals surface area contributed by atoms with Crippen molar-refractivity contribution in [1.82, 2.24) is 0 Å². The summed E-state index contributed by atoms with van der Waals surface area (Å²) in [5, 5.41) is 0. The van der Waals surface area contributed by atoms with Gasteiger partial charge in [-0.2, -0.15) is 0 Å². The molecule has 2 spiro atoms. The van der Waals surface area contributed by atoms with Crippen molar-refractivity contribution in [3.63, 3.8) is 0 Å². The van der Waals surface area contributed by atoms with Crippen molar-refractivity contribution < 1.29 is 18.9 Å². The van der Waals surface area contributed by atoms with Crippen LogP contribution < -0.4 is 18.9 Å². The van der Waals surface area contributed by atoms with Crippen molar-refractivity contribution >= 4 is 0 Å². The van der Waals surface area contributed by atoms with Crippen LogP contribution in [-0.2, 0) is 23.7 Å². The van der Waals surface area contributed by atoms with Crippen molar-refractivity contribution in [2.24, 2.45) is 23.7 Å². The first-order chi connectivity index (χ1) is 19.3. The molecule has 2 aromatic carbocycles. The van der Waals surface area contributed by atoms with Crippen LogP contribution in [0.5, 0.6) is 23.0 Å². The molecule has 4 nitrogen and oxygen atoms in total. The van der Waals surface area contributed by atoms with Gasteiger partial charge in [0, 0.05) is 22.0 Å². The quantitative estimate of drug-likeness (QED) is 0.390. The van der Waals surface area contributed by atoms with E-state index in [9.17, 15) is 0 Å².